The molecule has 0 N–H and O–H groups in total. The van der Waals surface area contributed by atoms with E-state index in [1.807, 2.05) is 7.11 Å². The standard InChI is InChI=1S/C24H46N2OSi/c1-8-28(27-7,21-16-23-14-10-9-11-15-23)22-24(2,17-12-19-25(3)4)18-13-20-26(5)6/h9-11,14-15H,8,12-13,16-22H2,1-7H3. The van der Waals surface area contributed by atoms with Gasteiger partial charge in [-0.2, -0.15) is 0 Å². The fourth-order valence-corrected chi connectivity index (χ4v) is 8.52. The Kier molecular flexibility index (Phi) is 11.6. The summed E-state index contributed by atoms with van der Waals surface area (Å²) in [6.07, 6.45) is 6.33. The van der Waals surface area contributed by atoms with E-state index in [1.54, 1.807) is 0 Å². The predicted molar refractivity (Wildman–Crippen MR) is 127 cm³/mol. The number of hydrogen-bond donors (Lipinski definition) is 0. The van der Waals surface area contributed by atoms with Crippen molar-refractivity contribution in [1.29, 1.82) is 0 Å². The molecule has 1 unspecified atom stereocenters. The summed E-state index contributed by atoms with van der Waals surface area (Å²) in [4.78, 5) is 4.63. The summed E-state index contributed by atoms with van der Waals surface area (Å²) in [6.45, 7) is 7.26. The Hall–Kier alpha value is -0.683. The van der Waals surface area contributed by atoms with Crippen molar-refractivity contribution in [1.82, 2.24) is 9.80 Å². The van der Waals surface area contributed by atoms with Gasteiger partial charge >= 0.3 is 0 Å². The van der Waals surface area contributed by atoms with Gasteiger partial charge in [0.05, 0.1) is 0 Å². The van der Waals surface area contributed by atoms with Crippen LogP contribution in [0.15, 0.2) is 30.3 Å². The maximum absolute atomic E-state index is 6.38. The lowest BCUT2D eigenvalue weighted by Gasteiger charge is -2.40. The molecule has 162 valence electrons. The molecule has 0 heterocycles. The number of aryl methyl sites for hydroxylation is 1. The largest absolute Gasteiger partial charge is 0.420 e. The van der Waals surface area contributed by atoms with Gasteiger partial charge in [0.1, 0.15) is 0 Å². The number of rotatable bonds is 15. The van der Waals surface area contributed by atoms with Crippen LogP contribution < -0.4 is 0 Å². The SMILES string of the molecule is CC[Si](CCc1ccccc1)(CC(C)(CCCN(C)C)CCCN(C)C)OC. The number of hydrogen-bond acceptors (Lipinski definition) is 3. The molecule has 0 aliphatic carbocycles. The predicted octanol–water partition coefficient (Wildman–Crippen LogP) is 5.53. The molecule has 0 aliphatic rings. The number of benzene rings is 1. The molecule has 0 aliphatic heterocycles. The Bertz CT molecular complexity index is 501. The Morgan fingerprint density at radius 3 is 1.89 bits per heavy atom. The van der Waals surface area contributed by atoms with Gasteiger partial charge in [0.25, 0.3) is 0 Å². The van der Waals surface area contributed by atoms with Crippen molar-refractivity contribution in [3.8, 4) is 0 Å². The van der Waals surface area contributed by atoms with Crippen molar-refractivity contribution in [2.45, 2.75) is 64.1 Å². The van der Waals surface area contributed by atoms with E-state index >= 15 is 0 Å². The first kappa shape index (κ1) is 25.4. The first-order chi connectivity index (χ1) is 13.2. The van der Waals surface area contributed by atoms with Crippen LogP contribution in [0.3, 0.4) is 0 Å². The van der Waals surface area contributed by atoms with Crippen LogP contribution in [0.4, 0.5) is 0 Å². The third-order valence-electron chi connectivity index (χ3n) is 6.31. The highest BCUT2D eigenvalue weighted by Gasteiger charge is 2.39. The van der Waals surface area contributed by atoms with Gasteiger partial charge in [0, 0.05) is 7.11 Å². The van der Waals surface area contributed by atoms with Gasteiger partial charge in [0.15, 0.2) is 8.32 Å². The lowest BCUT2D eigenvalue weighted by Crippen LogP contribution is -2.42. The van der Waals surface area contributed by atoms with E-state index in [2.05, 4.69) is 82.2 Å². The summed E-state index contributed by atoms with van der Waals surface area (Å²) in [5.41, 5.74) is 1.84. The zero-order valence-corrected chi connectivity index (χ0v) is 20.8. The molecular formula is C24H46N2OSi. The van der Waals surface area contributed by atoms with Gasteiger partial charge in [-0.1, -0.05) is 44.2 Å². The van der Waals surface area contributed by atoms with E-state index in [1.165, 1.54) is 62.5 Å². The summed E-state index contributed by atoms with van der Waals surface area (Å²) in [5.74, 6) is 0. The van der Waals surface area contributed by atoms with Crippen LogP contribution in [0.5, 0.6) is 0 Å². The van der Waals surface area contributed by atoms with Gasteiger partial charge in [-0.3, -0.25) is 0 Å². The van der Waals surface area contributed by atoms with Crippen LogP contribution in [0.1, 0.15) is 45.1 Å². The second kappa shape index (κ2) is 12.8. The van der Waals surface area contributed by atoms with Crippen LogP contribution in [-0.4, -0.2) is 66.5 Å². The lowest BCUT2D eigenvalue weighted by atomic mass is 9.82. The highest BCUT2D eigenvalue weighted by Crippen LogP contribution is 2.41. The molecule has 1 aromatic carbocycles. The minimum absolute atomic E-state index is 0.390. The van der Waals surface area contributed by atoms with Crippen molar-refractivity contribution in [2.24, 2.45) is 5.41 Å². The molecule has 0 spiro atoms. The smallest absolute Gasteiger partial charge is 0.192 e. The third kappa shape index (κ3) is 9.68. The van der Waals surface area contributed by atoms with Crippen LogP contribution in [0.2, 0.25) is 18.1 Å². The molecule has 0 saturated carbocycles. The molecule has 1 atom stereocenters. The van der Waals surface area contributed by atoms with E-state index in [-0.39, 0.29) is 0 Å². The fraction of sp³-hybridized carbons (Fsp3) is 0.750. The minimum Gasteiger partial charge on any atom is -0.420 e. The summed E-state index contributed by atoms with van der Waals surface area (Å²) in [6, 6.07) is 14.7. The zero-order valence-electron chi connectivity index (χ0n) is 19.8. The van der Waals surface area contributed by atoms with Crippen molar-refractivity contribution in [3.63, 3.8) is 0 Å². The molecule has 1 aromatic rings. The van der Waals surface area contributed by atoms with E-state index in [0.29, 0.717) is 5.41 Å². The normalized spacial score (nSPS) is 14.6. The maximum atomic E-state index is 6.38. The van der Waals surface area contributed by atoms with Crippen molar-refractivity contribution in [2.75, 3.05) is 48.4 Å². The molecular weight excluding hydrogens is 360 g/mol. The Morgan fingerprint density at radius 2 is 1.46 bits per heavy atom. The molecule has 28 heavy (non-hydrogen) atoms. The van der Waals surface area contributed by atoms with E-state index in [0.717, 1.165) is 6.42 Å². The average Bonchev–Trinajstić information content (AvgIpc) is 2.65. The monoisotopic (exact) mass is 406 g/mol. The third-order valence-corrected chi connectivity index (χ3v) is 11.1. The molecule has 3 nitrogen and oxygen atoms in total. The van der Waals surface area contributed by atoms with Crippen LogP contribution >= 0.6 is 0 Å². The average molecular weight is 407 g/mol. The maximum Gasteiger partial charge on any atom is 0.192 e. The van der Waals surface area contributed by atoms with Crippen molar-refractivity contribution in [3.05, 3.63) is 35.9 Å². The Balaban J connectivity index is 2.84. The van der Waals surface area contributed by atoms with Gasteiger partial charge in [-0.05, 0) is 102 Å². The van der Waals surface area contributed by atoms with Crippen molar-refractivity contribution >= 4 is 8.32 Å². The fourth-order valence-electron chi connectivity index (χ4n) is 4.45. The zero-order chi connectivity index (χ0) is 21.0. The molecule has 0 amide bonds. The summed E-state index contributed by atoms with van der Waals surface area (Å²) in [5, 5.41) is 0. The van der Waals surface area contributed by atoms with Gasteiger partial charge < -0.3 is 14.2 Å². The van der Waals surface area contributed by atoms with E-state index < -0.39 is 8.32 Å². The molecule has 1 rings (SSSR count). The molecule has 4 heteroatoms. The lowest BCUT2D eigenvalue weighted by molar-refractivity contribution is 0.239. The second-order valence-electron chi connectivity index (χ2n) is 9.53. The summed E-state index contributed by atoms with van der Waals surface area (Å²) >= 11 is 0. The van der Waals surface area contributed by atoms with Gasteiger partial charge in [0.2, 0.25) is 0 Å². The Morgan fingerprint density at radius 1 is 0.929 bits per heavy atom. The van der Waals surface area contributed by atoms with Gasteiger partial charge in [-0.25, -0.2) is 0 Å². The molecule has 0 saturated heterocycles. The summed E-state index contributed by atoms with van der Waals surface area (Å²) in [7, 11) is 8.98. The second-order valence-corrected chi connectivity index (χ2v) is 13.9. The topological polar surface area (TPSA) is 15.7 Å². The highest BCUT2D eigenvalue weighted by molar-refractivity contribution is 6.73. The molecule has 0 radical (unpaired) electrons. The molecule has 0 fully saturated rings. The van der Waals surface area contributed by atoms with Crippen LogP contribution in [-0.2, 0) is 10.8 Å². The summed E-state index contributed by atoms with van der Waals surface area (Å²) < 4.78 is 6.38. The van der Waals surface area contributed by atoms with Crippen molar-refractivity contribution < 1.29 is 4.43 Å². The van der Waals surface area contributed by atoms with Crippen LogP contribution in [0.25, 0.3) is 0 Å². The van der Waals surface area contributed by atoms with E-state index in [4.69, 9.17) is 4.43 Å². The Labute approximate surface area is 176 Å². The first-order valence-electron chi connectivity index (χ1n) is 11.1. The quantitative estimate of drug-likeness (QED) is 0.356. The van der Waals surface area contributed by atoms with E-state index in [9.17, 15) is 0 Å². The van der Waals surface area contributed by atoms with Crippen LogP contribution in [0, 0.1) is 5.41 Å². The molecule has 0 bridgehead atoms. The van der Waals surface area contributed by atoms with Gasteiger partial charge in [-0.15, -0.1) is 0 Å². The minimum atomic E-state index is -1.74. The first-order valence-corrected chi connectivity index (χ1v) is 13.7. The number of nitrogens with zero attached hydrogens (tertiary/aromatic N) is 2. The molecule has 0 aromatic heterocycles. The highest BCUT2D eigenvalue weighted by atomic mass is 28.4.